The van der Waals surface area contributed by atoms with Crippen molar-refractivity contribution < 1.29 is 9.72 Å². The van der Waals surface area contributed by atoms with Crippen LogP contribution in [0.4, 0.5) is 11.4 Å². The summed E-state index contributed by atoms with van der Waals surface area (Å²) in [4.78, 5) is 22.2. The van der Waals surface area contributed by atoms with Crippen LogP contribution in [0.25, 0.3) is 0 Å². The lowest BCUT2D eigenvalue weighted by molar-refractivity contribution is -0.383. The quantitative estimate of drug-likeness (QED) is 0.399. The molecule has 1 aromatic rings. The fourth-order valence-corrected chi connectivity index (χ4v) is 2.21. The molecule has 0 unspecified atom stereocenters. The summed E-state index contributed by atoms with van der Waals surface area (Å²) in [6.07, 6.45) is 6.94. The molecular formula is C15H21ClN2O3. The smallest absolute Gasteiger partial charge is 0.294 e. The van der Waals surface area contributed by atoms with E-state index in [1.54, 1.807) is 0 Å². The number of benzene rings is 1. The van der Waals surface area contributed by atoms with E-state index in [9.17, 15) is 14.9 Å². The number of unbranched alkanes of at least 4 members (excludes halogenated alkanes) is 5. The van der Waals surface area contributed by atoms with Gasteiger partial charge >= 0.3 is 0 Å². The molecule has 5 nitrogen and oxygen atoms in total. The number of hydrogen-bond acceptors (Lipinski definition) is 3. The molecule has 0 saturated carbocycles. The zero-order valence-corrected chi connectivity index (χ0v) is 13.0. The first-order valence-corrected chi connectivity index (χ1v) is 7.66. The van der Waals surface area contributed by atoms with Gasteiger partial charge in [0.05, 0.1) is 4.92 Å². The number of hydrogen-bond donors (Lipinski definition) is 1. The van der Waals surface area contributed by atoms with E-state index in [2.05, 4.69) is 12.2 Å². The van der Waals surface area contributed by atoms with Crippen molar-refractivity contribution in [3.63, 3.8) is 0 Å². The number of carbonyl (C=O) groups excluding carboxylic acids is 1. The van der Waals surface area contributed by atoms with E-state index in [-0.39, 0.29) is 22.3 Å². The fraction of sp³-hybridized carbons (Fsp3) is 0.533. The first-order valence-electron chi connectivity index (χ1n) is 7.28. The fourth-order valence-electron chi connectivity index (χ4n) is 2.04. The number of nitro groups is 1. The lowest BCUT2D eigenvalue weighted by Gasteiger charge is -2.06. The minimum absolute atomic E-state index is 0.182. The molecule has 0 spiro atoms. The van der Waals surface area contributed by atoms with Crippen LogP contribution < -0.4 is 5.32 Å². The zero-order chi connectivity index (χ0) is 15.7. The Morgan fingerprint density at radius 2 is 1.90 bits per heavy atom. The molecule has 1 aromatic carbocycles. The van der Waals surface area contributed by atoms with E-state index in [1.165, 1.54) is 37.5 Å². The Bertz CT molecular complexity index is 492. The van der Waals surface area contributed by atoms with Crippen molar-refractivity contribution in [1.82, 2.24) is 0 Å². The van der Waals surface area contributed by atoms with Gasteiger partial charge in [0, 0.05) is 17.5 Å². The number of nitro benzene ring substituents is 1. The summed E-state index contributed by atoms with van der Waals surface area (Å²) in [7, 11) is 0. The molecule has 1 rings (SSSR count). The minimum atomic E-state index is -0.549. The average Bonchev–Trinajstić information content (AvgIpc) is 2.44. The normalized spacial score (nSPS) is 10.4. The third-order valence-electron chi connectivity index (χ3n) is 3.19. The molecule has 1 amide bonds. The molecule has 0 radical (unpaired) electrons. The van der Waals surface area contributed by atoms with Gasteiger partial charge in [-0.2, -0.15) is 0 Å². The molecule has 0 aromatic heterocycles. The predicted octanol–water partition coefficient (Wildman–Crippen LogP) is 4.94. The summed E-state index contributed by atoms with van der Waals surface area (Å²) in [5.41, 5.74) is 0.0131. The Labute approximate surface area is 129 Å². The number of nitrogens with one attached hydrogen (secondary N) is 1. The van der Waals surface area contributed by atoms with Gasteiger partial charge < -0.3 is 5.32 Å². The molecule has 0 heterocycles. The second kappa shape index (κ2) is 9.34. The molecule has 0 saturated heterocycles. The third kappa shape index (κ3) is 6.58. The second-order valence-electron chi connectivity index (χ2n) is 4.98. The maximum absolute atomic E-state index is 11.8. The van der Waals surface area contributed by atoms with Gasteiger partial charge in [-0.15, -0.1) is 0 Å². The van der Waals surface area contributed by atoms with Crippen LogP contribution in [0.2, 0.25) is 5.02 Å². The van der Waals surface area contributed by atoms with Crippen molar-refractivity contribution in [2.24, 2.45) is 0 Å². The van der Waals surface area contributed by atoms with Gasteiger partial charge in [-0.25, -0.2) is 0 Å². The molecule has 0 atom stereocenters. The molecule has 21 heavy (non-hydrogen) atoms. The summed E-state index contributed by atoms with van der Waals surface area (Å²) in [5.74, 6) is -0.198. The molecule has 0 aliphatic heterocycles. The van der Waals surface area contributed by atoms with E-state index < -0.39 is 4.92 Å². The molecule has 0 fully saturated rings. The van der Waals surface area contributed by atoms with Gasteiger partial charge in [0.15, 0.2) is 0 Å². The molecule has 0 aliphatic carbocycles. The van der Waals surface area contributed by atoms with E-state index >= 15 is 0 Å². The third-order valence-corrected chi connectivity index (χ3v) is 3.42. The number of anilines is 1. The highest BCUT2D eigenvalue weighted by Crippen LogP contribution is 2.27. The standard InChI is InChI=1S/C15H21ClN2O3/c1-2-3-4-5-6-7-8-15(19)17-13-10-9-12(16)11-14(13)18(20)21/h9-11H,2-8H2,1H3,(H,17,19). The van der Waals surface area contributed by atoms with E-state index in [0.717, 1.165) is 19.3 Å². The van der Waals surface area contributed by atoms with Gasteiger partial charge in [-0.1, -0.05) is 50.6 Å². The number of rotatable bonds is 9. The second-order valence-corrected chi connectivity index (χ2v) is 5.42. The van der Waals surface area contributed by atoms with Crippen LogP contribution in [0.15, 0.2) is 18.2 Å². The average molecular weight is 313 g/mol. The van der Waals surface area contributed by atoms with Crippen LogP contribution in [0.5, 0.6) is 0 Å². The van der Waals surface area contributed by atoms with Crippen molar-refractivity contribution in [3.8, 4) is 0 Å². The van der Waals surface area contributed by atoms with Crippen LogP contribution in [0.3, 0.4) is 0 Å². The Kier molecular flexibility index (Phi) is 7.75. The number of nitrogens with zero attached hydrogens (tertiary/aromatic N) is 1. The largest absolute Gasteiger partial charge is 0.320 e. The molecule has 116 valence electrons. The van der Waals surface area contributed by atoms with E-state index in [0.29, 0.717) is 6.42 Å². The summed E-state index contributed by atoms with van der Waals surface area (Å²) in [6.45, 7) is 2.16. The highest BCUT2D eigenvalue weighted by atomic mass is 35.5. The van der Waals surface area contributed by atoms with Crippen LogP contribution in [-0.4, -0.2) is 10.8 Å². The highest BCUT2D eigenvalue weighted by molar-refractivity contribution is 6.31. The van der Waals surface area contributed by atoms with Gasteiger partial charge in [0.25, 0.3) is 5.69 Å². The number of carbonyl (C=O) groups is 1. The van der Waals surface area contributed by atoms with E-state index in [4.69, 9.17) is 11.6 Å². The lowest BCUT2D eigenvalue weighted by Crippen LogP contribution is -2.12. The molecule has 1 N–H and O–H groups in total. The molecule has 0 bridgehead atoms. The van der Waals surface area contributed by atoms with E-state index in [1.807, 2.05) is 0 Å². The molecular weight excluding hydrogens is 292 g/mol. The first kappa shape index (κ1) is 17.4. The highest BCUT2D eigenvalue weighted by Gasteiger charge is 2.16. The number of halogens is 1. The van der Waals surface area contributed by atoms with Crippen molar-refractivity contribution in [2.45, 2.75) is 51.9 Å². The summed E-state index contributed by atoms with van der Waals surface area (Å²) >= 11 is 5.72. The topological polar surface area (TPSA) is 72.2 Å². The lowest BCUT2D eigenvalue weighted by atomic mass is 10.1. The molecule has 0 aliphatic rings. The zero-order valence-electron chi connectivity index (χ0n) is 12.2. The molecule has 6 heteroatoms. The van der Waals surface area contributed by atoms with Gasteiger partial charge in [-0.05, 0) is 18.6 Å². The first-order chi connectivity index (χ1) is 10.0. The van der Waals surface area contributed by atoms with Crippen molar-refractivity contribution in [2.75, 3.05) is 5.32 Å². The van der Waals surface area contributed by atoms with Crippen LogP contribution in [0, 0.1) is 10.1 Å². The predicted molar refractivity (Wildman–Crippen MR) is 84.7 cm³/mol. The van der Waals surface area contributed by atoms with Crippen LogP contribution in [-0.2, 0) is 4.79 Å². The maximum atomic E-state index is 11.8. The van der Waals surface area contributed by atoms with Gasteiger partial charge in [0.1, 0.15) is 5.69 Å². The van der Waals surface area contributed by atoms with Crippen LogP contribution >= 0.6 is 11.6 Å². The Balaban J connectivity index is 2.43. The maximum Gasteiger partial charge on any atom is 0.294 e. The van der Waals surface area contributed by atoms with Gasteiger partial charge in [-0.3, -0.25) is 14.9 Å². The number of amides is 1. The summed E-state index contributed by atoms with van der Waals surface area (Å²) in [6, 6.07) is 4.22. The summed E-state index contributed by atoms with van der Waals surface area (Å²) in [5, 5.41) is 13.8. The monoisotopic (exact) mass is 312 g/mol. The minimum Gasteiger partial charge on any atom is -0.320 e. The Hall–Kier alpha value is -1.62. The Morgan fingerprint density at radius 3 is 2.57 bits per heavy atom. The van der Waals surface area contributed by atoms with Crippen molar-refractivity contribution in [3.05, 3.63) is 33.3 Å². The van der Waals surface area contributed by atoms with Crippen molar-refractivity contribution >= 4 is 28.9 Å². The summed E-state index contributed by atoms with van der Waals surface area (Å²) < 4.78 is 0. The van der Waals surface area contributed by atoms with Crippen LogP contribution in [0.1, 0.15) is 51.9 Å². The van der Waals surface area contributed by atoms with Crippen molar-refractivity contribution in [1.29, 1.82) is 0 Å². The Morgan fingerprint density at radius 1 is 1.24 bits per heavy atom. The van der Waals surface area contributed by atoms with Gasteiger partial charge in [0.2, 0.25) is 5.91 Å². The SMILES string of the molecule is CCCCCCCCC(=O)Nc1ccc(Cl)cc1[N+](=O)[O-].